The molecule has 0 aliphatic heterocycles. The van der Waals surface area contributed by atoms with Crippen LogP contribution in [0.1, 0.15) is 18.7 Å². The Morgan fingerprint density at radius 3 is 2.94 bits per heavy atom. The lowest BCUT2D eigenvalue weighted by atomic mass is 10.2. The second-order valence-electron chi connectivity index (χ2n) is 3.53. The number of carboxylic acid groups (broad SMARTS) is 1. The van der Waals surface area contributed by atoms with Gasteiger partial charge in [0, 0.05) is 13.0 Å². The maximum atomic E-state index is 11.3. The quantitative estimate of drug-likeness (QED) is 0.436. The van der Waals surface area contributed by atoms with Gasteiger partial charge in [-0.15, -0.1) is 0 Å². The molecular weight excluding hydrogens is 226 g/mol. The predicted molar refractivity (Wildman–Crippen MR) is 57.9 cm³/mol. The summed E-state index contributed by atoms with van der Waals surface area (Å²) < 4.78 is 0. The molecule has 1 atom stereocenters. The summed E-state index contributed by atoms with van der Waals surface area (Å²) in [6.45, 7) is 0.423. The average Bonchev–Trinajstić information content (AvgIpc) is 2.75. The van der Waals surface area contributed by atoms with E-state index >= 15 is 0 Å². The normalized spacial score (nSPS) is 12.1. The van der Waals surface area contributed by atoms with Crippen molar-refractivity contribution < 1.29 is 14.7 Å². The van der Waals surface area contributed by atoms with Gasteiger partial charge in [0.1, 0.15) is 12.2 Å². The molecule has 1 rings (SSSR count). The summed E-state index contributed by atoms with van der Waals surface area (Å²) in [5.74, 6) is -0.798. The van der Waals surface area contributed by atoms with Gasteiger partial charge >= 0.3 is 5.97 Å². The third-order valence-corrected chi connectivity index (χ3v) is 2.09. The molecule has 17 heavy (non-hydrogen) atoms. The highest BCUT2D eigenvalue weighted by Gasteiger charge is 2.16. The molecule has 0 aliphatic carbocycles. The summed E-state index contributed by atoms with van der Waals surface area (Å²) in [6.07, 6.45) is 2.39. The molecule has 1 heterocycles. The highest BCUT2D eigenvalue weighted by Crippen LogP contribution is 1.93. The van der Waals surface area contributed by atoms with Crippen LogP contribution in [0.25, 0.3) is 0 Å². The molecule has 1 amide bonds. The molecule has 0 spiro atoms. The van der Waals surface area contributed by atoms with Crippen LogP contribution in [-0.4, -0.2) is 44.8 Å². The van der Waals surface area contributed by atoms with Gasteiger partial charge in [-0.1, -0.05) is 0 Å². The van der Waals surface area contributed by atoms with Gasteiger partial charge in [0.15, 0.2) is 0 Å². The Morgan fingerprint density at radius 2 is 2.35 bits per heavy atom. The van der Waals surface area contributed by atoms with Gasteiger partial charge in [0.25, 0.3) is 0 Å². The van der Waals surface area contributed by atoms with Crippen LogP contribution in [0.2, 0.25) is 0 Å². The summed E-state index contributed by atoms with van der Waals surface area (Å²) in [6, 6.07) is -1.00. The Hall–Kier alpha value is -1.96. The van der Waals surface area contributed by atoms with Crippen molar-refractivity contribution in [2.45, 2.75) is 25.3 Å². The second kappa shape index (κ2) is 6.59. The molecule has 1 unspecified atom stereocenters. The number of carbonyl (C=O) groups is 2. The van der Waals surface area contributed by atoms with Crippen LogP contribution in [0.4, 0.5) is 0 Å². The topological polar surface area (TPSA) is 134 Å². The number of hydrogen-bond acceptors (Lipinski definition) is 5. The molecule has 0 radical (unpaired) electrons. The number of aromatic nitrogens is 3. The van der Waals surface area contributed by atoms with Gasteiger partial charge in [-0.25, -0.2) is 4.98 Å². The maximum absolute atomic E-state index is 11.3. The van der Waals surface area contributed by atoms with Crippen molar-refractivity contribution in [3.63, 3.8) is 0 Å². The van der Waals surface area contributed by atoms with Crippen LogP contribution in [0, 0.1) is 0 Å². The number of amides is 1. The van der Waals surface area contributed by atoms with E-state index in [4.69, 9.17) is 10.8 Å². The lowest BCUT2D eigenvalue weighted by Gasteiger charge is -2.09. The highest BCUT2D eigenvalue weighted by molar-refractivity contribution is 5.85. The first-order valence-corrected chi connectivity index (χ1v) is 5.19. The number of nitrogens with two attached hydrogens (primary N) is 1. The molecule has 94 valence electrons. The van der Waals surface area contributed by atoms with Gasteiger partial charge in [0.05, 0.1) is 12.5 Å². The largest absolute Gasteiger partial charge is 0.481 e. The monoisotopic (exact) mass is 241 g/mol. The molecule has 0 saturated heterocycles. The minimum atomic E-state index is -1.09. The van der Waals surface area contributed by atoms with Crippen LogP contribution in [0.5, 0.6) is 0 Å². The number of nitrogens with one attached hydrogen (secondary N) is 2. The number of hydrogen-bond donors (Lipinski definition) is 4. The van der Waals surface area contributed by atoms with E-state index in [1.165, 1.54) is 6.33 Å². The maximum Gasteiger partial charge on any atom is 0.305 e. The Balaban J connectivity index is 2.13. The second-order valence-corrected chi connectivity index (χ2v) is 3.53. The summed E-state index contributed by atoms with van der Waals surface area (Å²) in [5.41, 5.74) is 5.37. The number of aryl methyl sites for hydroxylation is 1. The minimum Gasteiger partial charge on any atom is -0.481 e. The molecule has 0 aromatic carbocycles. The zero-order valence-electron chi connectivity index (χ0n) is 9.22. The standard InChI is InChI=1S/C9H15N5O3/c10-6(4-8(15)16)9(17)11-3-1-2-7-12-5-13-14-7/h5-6H,1-4,10H2,(H,11,17)(H,15,16)(H,12,13,14). The van der Waals surface area contributed by atoms with Gasteiger partial charge < -0.3 is 16.2 Å². The van der Waals surface area contributed by atoms with Crippen LogP contribution < -0.4 is 11.1 Å². The summed E-state index contributed by atoms with van der Waals surface area (Å²) in [7, 11) is 0. The lowest BCUT2D eigenvalue weighted by Crippen LogP contribution is -2.42. The summed E-state index contributed by atoms with van der Waals surface area (Å²) in [5, 5.41) is 17.4. The number of aromatic amines is 1. The molecule has 8 nitrogen and oxygen atoms in total. The van der Waals surface area contributed by atoms with E-state index in [2.05, 4.69) is 20.5 Å². The number of rotatable bonds is 7. The van der Waals surface area contributed by atoms with E-state index in [1.54, 1.807) is 0 Å². The molecule has 8 heteroatoms. The Bertz CT molecular complexity index is 365. The smallest absolute Gasteiger partial charge is 0.305 e. The van der Waals surface area contributed by atoms with Gasteiger partial charge in [-0.3, -0.25) is 14.7 Å². The van der Waals surface area contributed by atoms with Crippen molar-refractivity contribution in [2.24, 2.45) is 5.73 Å². The molecule has 1 aromatic rings. The van der Waals surface area contributed by atoms with Crippen molar-refractivity contribution >= 4 is 11.9 Å². The van der Waals surface area contributed by atoms with E-state index in [0.29, 0.717) is 19.4 Å². The van der Waals surface area contributed by atoms with Crippen molar-refractivity contribution in [3.05, 3.63) is 12.2 Å². The van der Waals surface area contributed by atoms with E-state index in [-0.39, 0.29) is 6.42 Å². The zero-order valence-corrected chi connectivity index (χ0v) is 9.22. The first kappa shape index (κ1) is 13.1. The summed E-state index contributed by atoms with van der Waals surface area (Å²) in [4.78, 5) is 25.6. The molecule has 5 N–H and O–H groups in total. The van der Waals surface area contributed by atoms with Crippen molar-refractivity contribution in [1.29, 1.82) is 0 Å². The fourth-order valence-electron chi connectivity index (χ4n) is 1.23. The third kappa shape index (κ3) is 5.07. The fourth-order valence-corrected chi connectivity index (χ4v) is 1.23. The van der Waals surface area contributed by atoms with Gasteiger partial charge in [-0.2, -0.15) is 5.10 Å². The van der Waals surface area contributed by atoms with Crippen molar-refractivity contribution in [3.8, 4) is 0 Å². The molecule has 0 saturated carbocycles. The van der Waals surface area contributed by atoms with E-state index in [9.17, 15) is 9.59 Å². The van der Waals surface area contributed by atoms with Crippen molar-refractivity contribution in [2.75, 3.05) is 6.54 Å². The van der Waals surface area contributed by atoms with Gasteiger partial charge in [0.2, 0.25) is 5.91 Å². The third-order valence-electron chi connectivity index (χ3n) is 2.09. The van der Waals surface area contributed by atoms with Crippen LogP contribution in [0.15, 0.2) is 6.33 Å². The minimum absolute atomic E-state index is 0.367. The Morgan fingerprint density at radius 1 is 1.59 bits per heavy atom. The number of carbonyl (C=O) groups excluding carboxylic acids is 1. The molecule has 0 aliphatic rings. The van der Waals surface area contributed by atoms with Crippen LogP contribution in [0.3, 0.4) is 0 Å². The van der Waals surface area contributed by atoms with Crippen LogP contribution in [-0.2, 0) is 16.0 Å². The van der Waals surface area contributed by atoms with Gasteiger partial charge in [-0.05, 0) is 6.42 Å². The highest BCUT2D eigenvalue weighted by atomic mass is 16.4. The lowest BCUT2D eigenvalue weighted by molar-refractivity contribution is -0.139. The number of H-pyrrole nitrogens is 1. The Kier molecular flexibility index (Phi) is 5.08. The molecule has 0 bridgehead atoms. The molecule has 0 fully saturated rings. The number of carboxylic acids is 1. The number of nitrogens with zero attached hydrogens (tertiary/aromatic N) is 2. The van der Waals surface area contributed by atoms with Crippen molar-refractivity contribution in [1.82, 2.24) is 20.5 Å². The fraction of sp³-hybridized carbons (Fsp3) is 0.556. The average molecular weight is 241 g/mol. The van der Waals surface area contributed by atoms with E-state index in [0.717, 1.165) is 5.82 Å². The summed E-state index contributed by atoms with van der Waals surface area (Å²) >= 11 is 0. The van der Waals surface area contributed by atoms with Crippen LogP contribution >= 0.6 is 0 Å². The molecule has 1 aromatic heterocycles. The zero-order chi connectivity index (χ0) is 12.7. The Labute approximate surface area is 97.6 Å². The first-order valence-electron chi connectivity index (χ1n) is 5.19. The predicted octanol–water partition coefficient (Wildman–Crippen LogP) is -1.34. The van der Waals surface area contributed by atoms with E-state index in [1.807, 2.05) is 0 Å². The molecular formula is C9H15N5O3. The SMILES string of the molecule is NC(CC(=O)O)C(=O)NCCCc1ncn[nH]1. The van der Waals surface area contributed by atoms with E-state index < -0.39 is 17.9 Å². The first-order chi connectivity index (χ1) is 8.09. The number of aliphatic carboxylic acids is 1.